The lowest BCUT2D eigenvalue weighted by atomic mass is 10.0. The number of carbonyl (C=O) groups is 2. The average Bonchev–Trinajstić information content (AvgIpc) is 3.50. The Labute approximate surface area is 271 Å². The van der Waals surface area contributed by atoms with E-state index in [-0.39, 0.29) is 29.3 Å². The van der Waals surface area contributed by atoms with Gasteiger partial charge < -0.3 is 10.2 Å². The third-order valence-electron chi connectivity index (χ3n) is 8.16. The Morgan fingerprint density at radius 3 is 2.14 bits per heavy atom. The Bertz CT molecular complexity index is 1550. The van der Waals surface area contributed by atoms with E-state index in [0.717, 1.165) is 41.1 Å². The molecule has 0 saturated heterocycles. The van der Waals surface area contributed by atoms with Crippen LogP contribution in [-0.4, -0.2) is 43.8 Å². The van der Waals surface area contributed by atoms with Crippen LogP contribution in [0.1, 0.15) is 75.5 Å². The fourth-order valence-corrected chi connectivity index (χ4v) is 7.25. The second kappa shape index (κ2) is 14.8. The quantitative estimate of drug-likeness (QED) is 0.219. The number of rotatable bonds is 12. The second-order valence-corrected chi connectivity index (χ2v) is 14.4. The van der Waals surface area contributed by atoms with Crippen LogP contribution < -0.4 is 9.62 Å². The molecule has 10 heteroatoms. The molecule has 0 radical (unpaired) electrons. The smallest absolute Gasteiger partial charge is 0.264 e. The number of amides is 2. The van der Waals surface area contributed by atoms with Crippen LogP contribution in [0.2, 0.25) is 10.0 Å². The number of nitrogens with one attached hydrogen (secondary N) is 1. The van der Waals surface area contributed by atoms with Gasteiger partial charge >= 0.3 is 0 Å². The molecule has 3 aromatic rings. The van der Waals surface area contributed by atoms with Crippen molar-refractivity contribution in [3.8, 4) is 0 Å². The maximum absolute atomic E-state index is 14.3. The van der Waals surface area contributed by atoms with Gasteiger partial charge in [0.25, 0.3) is 10.0 Å². The molecule has 4 rings (SSSR count). The van der Waals surface area contributed by atoms with Crippen molar-refractivity contribution in [3.63, 3.8) is 0 Å². The number of hydrogen-bond donors (Lipinski definition) is 1. The molecule has 0 aromatic heterocycles. The number of hydrogen-bond acceptors (Lipinski definition) is 4. The maximum atomic E-state index is 14.3. The molecule has 44 heavy (non-hydrogen) atoms. The topological polar surface area (TPSA) is 86.8 Å². The number of anilines is 1. The summed E-state index contributed by atoms with van der Waals surface area (Å²) in [5, 5.41) is 3.82. The number of carbonyl (C=O) groups excluding carboxylic acids is 2. The second-order valence-electron chi connectivity index (χ2n) is 11.8. The van der Waals surface area contributed by atoms with Gasteiger partial charge in [0.15, 0.2) is 0 Å². The predicted octanol–water partition coefficient (Wildman–Crippen LogP) is 7.49. The number of nitrogens with zero attached hydrogens (tertiary/aromatic N) is 2. The SMILES string of the molecule is CC[C@H](C(=O)NC1CCCC1)N(Cc1ccc(Cl)c(Cl)c1)C(=O)CN(c1ccc(C(C)C)cc1)S(=O)(=O)c1ccc(C)cc1. The van der Waals surface area contributed by atoms with E-state index in [1.165, 1.54) is 4.90 Å². The summed E-state index contributed by atoms with van der Waals surface area (Å²) in [6.07, 6.45) is 4.25. The Balaban J connectivity index is 1.73. The molecule has 3 aromatic carbocycles. The molecule has 1 saturated carbocycles. The Morgan fingerprint density at radius 2 is 1.57 bits per heavy atom. The zero-order chi connectivity index (χ0) is 32.0. The Morgan fingerprint density at radius 1 is 0.932 bits per heavy atom. The standard InChI is InChI=1S/C34H41Cl2N3O4S/c1-5-32(34(41)37-27-8-6-7-9-27)38(21-25-12-19-30(35)31(36)20-25)33(40)22-39(28-15-13-26(14-16-28)23(2)3)44(42,43)29-17-10-24(4)11-18-29/h10-20,23,27,32H,5-9,21-22H2,1-4H3,(H,37,41)/t32-/m1/s1. The molecular weight excluding hydrogens is 617 g/mol. The van der Waals surface area contributed by atoms with Gasteiger partial charge in [0, 0.05) is 12.6 Å². The first kappa shape index (κ1) is 33.8. The molecule has 1 atom stereocenters. The van der Waals surface area contributed by atoms with Crippen LogP contribution in [0, 0.1) is 6.92 Å². The molecule has 2 amide bonds. The fourth-order valence-electron chi connectivity index (χ4n) is 5.51. The normalized spacial score (nSPS) is 14.4. The summed E-state index contributed by atoms with van der Waals surface area (Å²) in [5.41, 5.74) is 3.00. The molecule has 1 fully saturated rings. The number of sulfonamides is 1. The number of aryl methyl sites for hydroxylation is 1. The van der Waals surface area contributed by atoms with E-state index in [1.807, 2.05) is 26.0 Å². The lowest BCUT2D eigenvalue weighted by molar-refractivity contribution is -0.140. The maximum Gasteiger partial charge on any atom is 0.264 e. The van der Waals surface area contributed by atoms with Gasteiger partial charge in [-0.25, -0.2) is 8.42 Å². The number of halogens is 2. The van der Waals surface area contributed by atoms with Gasteiger partial charge in [-0.05, 0) is 79.6 Å². The van der Waals surface area contributed by atoms with Gasteiger partial charge in [0.2, 0.25) is 11.8 Å². The van der Waals surface area contributed by atoms with E-state index in [4.69, 9.17) is 23.2 Å². The summed E-state index contributed by atoms with van der Waals surface area (Å²) >= 11 is 12.5. The first-order valence-corrected chi connectivity index (χ1v) is 17.3. The third-order valence-corrected chi connectivity index (χ3v) is 10.7. The van der Waals surface area contributed by atoms with Crippen molar-refractivity contribution in [2.45, 2.75) is 89.2 Å². The van der Waals surface area contributed by atoms with Crippen molar-refractivity contribution < 1.29 is 18.0 Å². The van der Waals surface area contributed by atoms with Gasteiger partial charge in [0.05, 0.1) is 20.6 Å². The Kier molecular flexibility index (Phi) is 11.4. The molecule has 1 N–H and O–H groups in total. The minimum absolute atomic E-state index is 0.0526. The first-order chi connectivity index (χ1) is 20.9. The lowest BCUT2D eigenvalue weighted by Gasteiger charge is -2.34. The van der Waals surface area contributed by atoms with Gasteiger partial charge in [-0.1, -0.05) is 92.7 Å². The number of benzene rings is 3. The zero-order valence-electron chi connectivity index (χ0n) is 25.7. The van der Waals surface area contributed by atoms with Crippen molar-refractivity contribution >= 4 is 50.7 Å². The van der Waals surface area contributed by atoms with Gasteiger partial charge in [0.1, 0.15) is 12.6 Å². The highest BCUT2D eigenvalue weighted by Crippen LogP contribution is 2.28. The van der Waals surface area contributed by atoms with E-state index >= 15 is 0 Å². The monoisotopic (exact) mass is 657 g/mol. The highest BCUT2D eigenvalue weighted by molar-refractivity contribution is 7.92. The average molecular weight is 659 g/mol. The lowest BCUT2D eigenvalue weighted by Crippen LogP contribution is -2.53. The highest BCUT2D eigenvalue weighted by atomic mass is 35.5. The van der Waals surface area contributed by atoms with Crippen LogP contribution in [0.5, 0.6) is 0 Å². The molecule has 0 bridgehead atoms. The summed E-state index contributed by atoms with van der Waals surface area (Å²) in [4.78, 5) is 29.5. The van der Waals surface area contributed by atoms with Crippen molar-refractivity contribution in [2.24, 2.45) is 0 Å². The van der Waals surface area contributed by atoms with Gasteiger partial charge in [-0.15, -0.1) is 0 Å². The molecular formula is C34H41Cl2N3O4S. The molecule has 1 aliphatic rings. The molecule has 0 aliphatic heterocycles. The van der Waals surface area contributed by atoms with Crippen molar-refractivity contribution in [1.29, 1.82) is 0 Å². The van der Waals surface area contributed by atoms with E-state index in [0.29, 0.717) is 27.7 Å². The third kappa shape index (κ3) is 8.14. The van der Waals surface area contributed by atoms with Crippen LogP contribution in [0.4, 0.5) is 5.69 Å². The molecule has 0 spiro atoms. The van der Waals surface area contributed by atoms with Crippen molar-refractivity contribution in [1.82, 2.24) is 10.2 Å². The summed E-state index contributed by atoms with van der Waals surface area (Å²) in [6, 6.07) is 18.1. The summed E-state index contributed by atoms with van der Waals surface area (Å²) in [6.45, 7) is 7.40. The van der Waals surface area contributed by atoms with E-state index in [2.05, 4.69) is 19.2 Å². The largest absolute Gasteiger partial charge is 0.352 e. The van der Waals surface area contributed by atoms with Gasteiger partial charge in [-0.2, -0.15) is 0 Å². The van der Waals surface area contributed by atoms with E-state index < -0.39 is 28.5 Å². The van der Waals surface area contributed by atoms with Crippen LogP contribution >= 0.6 is 23.2 Å². The fraction of sp³-hybridized carbons (Fsp3) is 0.412. The minimum atomic E-state index is -4.14. The summed E-state index contributed by atoms with van der Waals surface area (Å²) in [5.74, 6) is -0.506. The van der Waals surface area contributed by atoms with Gasteiger partial charge in [-0.3, -0.25) is 13.9 Å². The van der Waals surface area contributed by atoms with E-state index in [9.17, 15) is 18.0 Å². The van der Waals surface area contributed by atoms with Crippen LogP contribution in [0.25, 0.3) is 0 Å². The molecule has 7 nitrogen and oxygen atoms in total. The Hall–Kier alpha value is -3.07. The van der Waals surface area contributed by atoms with Crippen molar-refractivity contribution in [3.05, 3.63) is 93.5 Å². The summed E-state index contributed by atoms with van der Waals surface area (Å²) < 4.78 is 29.3. The first-order valence-electron chi connectivity index (χ1n) is 15.1. The molecule has 236 valence electrons. The summed E-state index contributed by atoms with van der Waals surface area (Å²) in [7, 11) is -4.14. The predicted molar refractivity (Wildman–Crippen MR) is 178 cm³/mol. The molecule has 1 aliphatic carbocycles. The van der Waals surface area contributed by atoms with Crippen LogP contribution in [0.15, 0.2) is 71.6 Å². The minimum Gasteiger partial charge on any atom is -0.352 e. The van der Waals surface area contributed by atoms with E-state index in [1.54, 1.807) is 54.6 Å². The molecule has 0 unspecified atom stereocenters. The molecule has 0 heterocycles. The zero-order valence-corrected chi connectivity index (χ0v) is 28.1. The van der Waals surface area contributed by atoms with Crippen molar-refractivity contribution in [2.75, 3.05) is 10.8 Å². The van der Waals surface area contributed by atoms with Crippen LogP contribution in [0.3, 0.4) is 0 Å². The van der Waals surface area contributed by atoms with Crippen LogP contribution in [-0.2, 0) is 26.2 Å². The highest BCUT2D eigenvalue weighted by Gasteiger charge is 2.34.